The first-order valence-electron chi connectivity index (χ1n) is 10.5. The van der Waals surface area contributed by atoms with E-state index in [0.717, 1.165) is 24.4 Å². The summed E-state index contributed by atoms with van der Waals surface area (Å²) in [6, 6.07) is 11.9. The van der Waals surface area contributed by atoms with Crippen LogP contribution in [0.15, 0.2) is 42.5 Å². The Morgan fingerprint density at radius 1 is 1.12 bits per heavy atom. The number of nitrogens with one attached hydrogen (secondary N) is 2. The Morgan fingerprint density at radius 2 is 1.84 bits per heavy atom. The third-order valence-corrected chi connectivity index (χ3v) is 5.30. The van der Waals surface area contributed by atoms with Crippen LogP contribution in [0.25, 0.3) is 0 Å². The molecule has 0 radical (unpaired) electrons. The lowest BCUT2D eigenvalue weighted by Crippen LogP contribution is -2.42. The number of nitrogens with zero attached hydrogens (tertiary/aromatic N) is 2. The van der Waals surface area contributed by atoms with Crippen LogP contribution in [0, 0.1) is 17.0 Å². The minimum Gasteiger partial charge on any atom is -0.497 e. The van der Waals surface area contributed by atoms with E-state index in [0.29, 0.717) is 12.1 Å². The van der Waals surface area contributed by atoms with E-state index in [1.54, 1.807) is 14.0 Å². The van der Waals surface area contributed by atoms with Gasteiger partial charge in [-0.25, -0.2) is 0 Å². The van der Waals surface area contributed by atoms with Crippen LogP contribution in [-0.4, -0.2) is 54.9 Å². The fraction of sp³-hybridized carbons (Fsp3) is 0.391. The van der Waals surface area contributed by atoms with Crippen molar-refractivity contribution in [2.45, 2.75) is 26.8 Å². The number of nitro benzene ring substituents is 1. The summed E-state index contributed by atoms with van der Waals surface area (Å²) in [4.78, 5) is 37.5. The largest absolute Gasteiger partial charge is 0.497 e. The van der Waals surface area contributed by atoms with Crippen molar-refractivity contribution in [3.05, 3.63) is 69.3 Å². The second kappa shape index (κ2) is 11.8. The lowest BCUT2D eigenvalue weighted by molar-refractivity contribution is -0.385. The second-order valence-corrected chi connectivity index (χ2v) is 7.26. The summed E-state index contributed by atoms with van der Waals surface area (Å²) in [5.74, 6) is -0.151. The normalized spacial score (nSPS) is 11.7. The highest BCUT2D eigenvalue weighted by atomic mass is 16.6. The van der Waals surface area contributed by atoms with E-state index in [4.69, 9.17) is 4.74 Å². The highest BCUT2D eigenvalue weighted by Crippen LogP contribution is 2.24. The van der Waals surface area contributed by atoms with E-state index < -0.39 is 10.8 Å². The number of aryl methyl sites for hydroxylation is 1. The first-order valence-corrected chi connectivity index (χ1v) is 10.5. The molecular weight excluding hydrogens is 412 g/mol. The smallest absolute Gasteiger partial charge is 0.273 e. The molecule has 9 heteroatoms. The molecule has 0 aliphatic rings. The summed E-state index contributed by atoms with van der Waals surface area (Å²) < 4.78 is 5.32. The van der Waals surface area contributed by atoms with Crippen LogP contribution in [0.5, 0.6) is 5.75 Å². The molecule has 2 N–H and O–H groups in total. The van der Waals surface area contributed by atoms with Gasteiger partial charge < -0.3 is 15.4 Å². The molecule has 0 saturated carbocycles. The monoisotopic (exact) mass is 442 g/mol. The zero-order valence-electron chi connectivity index (χ0n) is 18.9. The third kappa shape index (κ3) is 6.52. The van der Waals surface area contributed by atoms with Crippen molar-refractivity contribution in [3.63, 3.8) is 0 Å². The number of nitro groups is 1. The third-order valence-electron chi connectivity index (χ3n) is 5.30. The van der Waals surface area contributed by atoms with Crippen molar-refractivity contribution in [2.24, 2.45) is 0 Å². The molecule has 0 heterocycles. The summed E-state index contributed by atoms with van der Waals surface area (Å²) >= 11 is 0. The van der Waals surface area contributed by atoms with E-state index in [2.05, 4.69) is 29.4 Å². The first-order chi connectivity index (χ1) is 15.3. The van der Waals surface area contributed by atoms with Gasteiger partial charge in [0.1, 0.15) is 5.75 Å². The van der Waals surface area contributed by atoms with Gasteiger partial charge in [-0.15, -0.1) is 0 Å². The number of carbonyl (C=O) groups is 2. The van der Waals surface area contributed by atoms with Gasteiger partial charge in [-0.1, -0.05) is 32.0 Å². The van der Waals surface area contributed by atoms with Gasteiger partial charge in [0.2, 0.25) is 5.91 Å². The molecule has 172 valence electrons. The summed E-state index contributed by atoms with van der Waals surface area (Å²) in [6.45, 7) is 7.44. The molecule has 0 aliphatic heterocycles. The van der Waals surface area contributed by atoms with Crippen molar-refractivity contribution >= 4 is 17.5 Å². The number of carbonyl (C=O) groups excluding carboxylic acids is 2. The quantitative estimate of drug-likeness (QED) is 0.409. The van der Waals surface area contributed by atoms with E-state index in [9.17, 15) is 19.7 Å². The van der Waals surface area contributed by atoms with Crippen molar-refractivity contribution in [2.75, 3.05) is 33.3 Å². The van der Waals surface area contributed by atoms with Crippen LogP contribution in [-0.2, 0) is 4.79 Å². The predicted octanol–water partition coefficient (Wildman–Crippen LogP) is 2.84. The average Bonchev–Trinajstić information content (AvgIpc) is 2.80. The molecule has 9 nitrogen and oxygen atoms in total. The average molecular weight is 443 g/mol. The van der Waals surface area contributed by atoms with E-state index in [-0.39, 0.29) is 29.7 Å². The fourth-order valence-electron chi connectivity index (χ4n) is 3.45. The molecule has 1 atom stereocenters. The van der Waals surface area contributed by atoms with Crippen LogP contribution >= 0.6 is 0 Å². The molecule has 0 bridgehead atoms. The standard InChI is InChI=1S/C23H30N4O5/c1-5-26(6-2)21(17-8-7-9-19(12-17)32-4)14-24-22(28)15-25-23(29)18-11-10-16(3)20(13-18)27(30)31/h7-13,21H,5-6,14-15H2,1-4H3,(H,24,28)(H,25,29). The van der Waals surface area contributed by atoms with Crippen LogP contribution < -0.4 is 15.4 Å². The molecule has 32 heavy (non-hydrogen) atoms. The number of ether oxygens (including phenoxy) is 1. The van der Waals surface area contributed by atoms with Gasteiger partial charge in [0.25, 0.3) is 11.6 Å². The van der Waals surface area contributed by atoms with Gasteiger partial charge in [0.15, 0.2) is 0 Å². The van der Waals surface area contributed by atoms with Crippen molar-refractivity contribution < 1.29 is 19.2 Å². The van der Waals surface area contributed by atoms with Gasteiger partial charge in [0, 0.05) is 23.7 Å². The Kier molecular flexibility index (Phi) is 9.15. The fourth-order valence-corrected chi connectivity index (χ4v) is 3.45. The van der Waals surface area contributed by atoms with Gasteiger partial charge >= 0.3 is 0 Å². The number of amides is 2. The predicted molar refractivity (Wildman–Crippen MR) is 122 cm³/mol. The Hall–Kier alpha value is -3.46. The van der Waals surface area contributed by atoms with Gasteiger partial charge in [-0.3, -0.25) is 24.6 Å². The van der Waals surface area contributed by atoms with E-state index in [1.807, 2.05) is 24.3 Å². The molecular formula is C23H30N4O5. The molecule has 2 amide bonds. The first kappa shape index (κ1) is 24.8. The van der Waals surface area contributed by atoms with E-state index in [1.165, 1.54) is 18.2 Å². The maximum Gasteiger partial charge on any atom is 0.273 e. The van der Waals surface area contributed by atoms with Crippen LogP contribution in [0.2, 0.25) is 0 Å². The molecule has 0 saturated heterocycles. The van der Waals surface area contributed by atoms with Crippen LogP contribution in [0.3, 0.4) is 0 Å². The van der Waals surface area contributed by atoms with Crippen molar-refractivity contribution in [3.8, 4) is 5.75 Å². The molecule has 0 aliphatic carbocycles. The minimum absolute atomic E-state index is 0.0560. The molecule has 2 rings (SSSR count). The maximum absolute atomic E-state index is 12.4. The Balaban J connectivity index is 2.00. The zero-order valence-corrected chi connectivity index (χ0v) is 18.9. The molecule has 0 spiro atoms. The maximum atomic E-state index is 12.4. The van der Waals surface area contributed by atoms with Gasteiger partial charge in [-0.05, 0) is 43.8 Å². The zero-order chi connectivity index (χ0) is 23.7. The summed E-state index contributed by atoms with van der Waals surface area (Å²) in [6.07, 6.45) is 0. The Bertz CT molecular complexity index is 959. The summed E-state index contributed by atoms with van der Waals surface area (Å²) in [5, 5.41) is 16.5. The SMILES string of the molecule is CCN(CC)C(CNC(=O)CNC(=O)c1ccc(C)c([N+](=O)[O-])c1)c1cccc(OC)c1. The number of methoxy groups -OCH3 is 1. The Labute approximate surface area is 187 Å². The second-order valence-electron chi connectivity index (χ2n) is 7.26. The number of benzene rings is 2. The van der Waals surface area contributed by atoms with Crippen LogP contribution in [0.4, 0.5) is 5.69 Å². The lowest BCUT2D eigenvalue weighted by atomic mass is 10.0. The topological polar surface area (TPSA) is 114 Å². The Morgan fingerprint density at radius 3 is 2.47 bits per heavy atom. The minimum atomic E-state index is -0.545. The molecule has 1 unspecified atom stereocenters. The number of rotatable bonds is 11. The number of hydrogen-bond donors (Lipinski definition) is 2. The molecule has 2 aromatic carbocycles. The van der Waals surface area contributed by atoms with Crippen molar-refractivity contribution in [1.29, 1.82) is 0 Å². The number of hydrogen-bond acceptors (Lipinski definition) is 6. The van der Waals surface area contributed by atoms with Crippen LogP contribution in [0.1, 0.15) is 41.4 Å². The highest BCUT2D eigenvalue weighted by molar-refractivity contribution is 5.97. The van der Waals surface area contributed by atoms with E-state index >= 15 is 0 Å². The number of likely N-dealkylation sites (N-methyl/N-ethyl adjacent to an activating group) is 1. The molecule has 2 aromatic rings. The lowest BCUT2D eigenvalue weighted by Gasteiger charge is -2.30. The highest BCUT2D eigenvalue weighted by Gasteiger charge is 2.20. The summed E-state index contributed by atoms with van der Waals surface area (Å²) in [7, 11) is 1.61. The molecule has 0 aromatic heterocycles. The van der Waals surface area contributed by atoms with Gasteiger partial charge in [-0.2, -0.15) is 0 Å². The van der Waals surface area contributed by atoms with Crippen molar-refractivity contribution in [1.82, 2.24) is 15.5 Å². The molecule has 0 fully saturated rings. The summed E-state index contributed by atoms with van der Waals surface area (Å²) in [5.41, 5.74) is 1.48. The van der Waals surface area contributed by atoms with Gasteiger partial charge in [0.05, 0.1) is 24.6 Å².